The molecule has 2 N–H and O–H groups in total. The molecule has 2 aliphatic rings. The van der Waals surface area contributed by atoms with Crippen LogP contribution in [0.25, 0.3) is 10.2 Å². The number of thioether (sulfide) groups is 1. The van der Waals surface area contributed by atoms with Crippen molar-refractivity contribution < 1.29 is 9.53 Å². The van der Waals surface area contributed by atoms with Crippen LogP contribution in [0.15, 0.2) is 29.1 Å². The van der Waals surface area contributed by atoms with E-state index in [2.05, 4.69) is 26.3 Å². The second kappa shape index (κ2) is 9.64. The lowest BCUT2D eigenvalue weighted by Gasteiger charge is -2.29. The fourth-order valence-corrected chi connectivity index (χ4v) is 6.29. The fourth-order valence-electron chi connectivity index (χ4n) is 4.32. The molecular formula is C23H26N4O3S2. The highest BCUT2D eigenvalue weighted by molar-refractivity contribution is 7.99. The SMILES string of the molecule is O=C(CSCc1nc2sc3c(c2c(=O)[nH]1)CCCC3)Nc1cccc(N2CCOCC2)c1. The van der Waals surface area contributed by atoms with Gasteiger partial charge < -0.3 is 19.9 Å². The van der Waals surface area contributed by atoms with Gasteiger partial charge in [0.1, 0.15) is 10.7 Å². The number of aryl methyl sites for hydroxylation is 2. The Bertz CT molecular complexity index is 1180. The lowest BCUT2D eigenvalue weighted by Crippen LogP contribution is -2.36. The van der Waals surface area contributed by atoms with Gasteiger partial charge in [0.2, 0.25) is 5.91 Å². The van der Waals surface area contributed by atoms with Crippen LogP contribution >= 0.6 is 23.1 Å². The minimum absolute atomic E-state index is 0.0469. The van der Waals surface area contributed by atoms with Crippen molar-refractivity contribution in [2.75, 3.05) is 42.3 Å². The van der Waals surface area contributed by atoms with Gasteiger partial charge in [-0.1, -0.05) is 6.07 Å². The summed E-state index contributed by atoms with van der Waals surface area (Å²) >= 11 is 3.10. The van der Waals surface area contributed by atoms with E-state index >= 15 is 0 Å². The summed E-state index contributed by atoms with van der Waals surface area (Å²) in [5.74, 6) is 1.36. The minimum atomic E-state index is -0.0656. The third-order valence-electron chi connectivity index (χ3n) is 5.85. The Labute approximate surface area is 194 Å². The van der Waals surface area contributed by atoms with Gasteiger partial charge in [-0.05, 0) is 49.4 Å². The van der Waals surface area contributed by atoms with Crippen molar-refractivity contribution in [1.29, 1.82) is 0 Å². The molecule has 0 bridgehead atoms. The molecule has 168 valence electrons. The molecule has 0 radical (unpaired) electrons. The number of ether oxygens (including phenoxy) is 1. The molecule has 0 atom stereocenters. The molecule has 1 aliphatic heterocycles. The van der Waals surface area contributed by atoms with Crippen molar-refractivity contribution in [3.05, 3.63) is 50.9 Å². The van der Waals surface area contributed by atoms with Gasteiger partial charge in [-0.25, -0.2) is 4.98 Å². The highest BCUT2D eigenvalue weighted by Crippen LogP contribution is 2.33. The summed E-state index contributed by atoms with van der Waals surface area (Å²) in [4.78, 5) is 37.1. The maximum atomic E-state index is 12.6. The molecule has 7 nitrogen and oxygen atoms in total. The summed E-state index contributed by atoms with van der Waals surface area (Å²) in [6, 6.07) is 7.91. The van der Waals surface area contributed by atoms with Gasteiger partial charge in [0.05, 0.1) is 30.1 Å². The van der Waals surface area contributed by atoms with Gasteiger partial charge in [-0.2, -0.15) is 0 Å². The molecule has 1 amide bonds. The van der Waals surface area contributed by atoms with Crippen molar-refractivity contribution in [2.24, 2.45) is 0 Å². The van der Waals surface area contributed by atoms with Crippen LogP contribution in [0, 0.1) is 0 Å². The van der Waals surface area contributed by atoms with Crippen LogP contribution in [0.1, 0.15) is 29.1 Å². The molecule has 9 heteroatoms. The molecule has 32 heavy (non-hydrogen) atoms. The predicted molar refractivity (Wildman–Crippen MR) is 131 cm³/mol. The average Bonchev–Trinajstić information content (AvgIpc) is 3.19. The van der Waals surface area contributed by atoms with Gasteiger partial charge in [0.25, 0.3) is 5.56 Å². The molecule has 1 aliphatic carbocycles. The van der Waals surface area contributed by atoms with Crippen LogP contribution in [-0.2, 0) is 28.1 Å². The molecule has 5 rings (SSSR count). The van der Waals surface area contributed by atoms with E-state index < -0.39 is 0 Å². The molecule has 1 aromatic carbocycles. The summed E-state index contributed by atoms with van der Waals surface area (Å²) in [6.07, 6.45) is 4.35. The average molecular weight is 471 g/mol. The van der Waals surface area contributed by atoms with Crippen LogP contribution in [-0.4, -0.2) is 47.9 Å². The molecule has 2 aromatic heterocycles. The molecule has 0 spiro atoms. The van der Waals surface area contributed by atoms with Gasteiger partial charge in [0, 0.05) is 29.3 Å². The standard InChI is InChI=1S/C23H26N4O3S2/c28-20(24-15-4-3-5-16(12-15)27-8-10-30-11-9-27)14-31-13-19-25-22(29)21-17-6-1-2-7-18(17)32-23(21)26-19/h3-5,12H,1-2,6-11,13-14H2,(H,24,28)(H,25,26,29). The van der Waals surface area contributed by atoms with Crippen molar-refractivity contribution in [3.63, 3.8) is 0 Å². The molecule has 1 saturated heterocycles. The van der Waals surface area contributed by atoms with E-state index in [4.69, 9.17) is 4.74 Å². The van der Waals surface area contributed by atoms with E-state index in [1.807, 2.05) is 18.2 Å². The Morgan fingerprint density at radius 1 is 1.25 bits per heavy atom. The first-order valence-corrected chi connectivity index (χ1v) is 13.0. The summed E-state index contributed by atoms with van der Waals surface area (Å²) in [6.45, 7) is 3.17. The van der Waals surface area contributed by atoms with Gasteiger partial charge in [-0.15, -0.1) is 23.1 Å². The largest absolute Gasteiger partial charge is 0.378 e. The third kappa shape index (κ3) is 4.69. The summed E-state index contributed by atoms with van der Waals surface area (Å²) in [5.41, 5.74) is 3.03. The van der Waals surface area contributed by atoms with Crippen molar-refractivity contribution >= 4 is 50.6 Å². The maximum Gasteiger partial charge on any atom is 0.259 e. The lowest BCUT2D eigenvalue weighted by molar-refractivity contribution is -0.113. The summed E-state index contributed by atoms with van der Waals surface area (Å²) < 4.78 is 5.41. The van der Waals surface area contributed by atoms with E-state index in [1.54, 1.807) is 11.3 Å². The number of H-pyrrole nitrogens is 1. The van der Waals surface area contributed by atoms with Crippen molar-refractivity contribution in [3.8, 4) is 0 Å². The summed E-state index contributed by atoms with van der Waals surface area (Å²) in [5, 5.41) is 3.75. The van der Waals surface area contributed by atoms with E-state index in [-0.39, 0.29) is 11.5 Å². The number of benzene rings is 1. The number of nitrogens with one attached hydrogen (secondary N) is 2. The molecule has 0 unspecified atom stereocenters. The number of thiophene rings is 1. The molecule has 3 aromatic rings. The number of carbonyl (C=O) groups is 1. The number of anilines is 2. The van der Waals surface area contributed by atoms with Gasteiger partial charge in [-0.3, -0.25) is 9.59 Å². The van der Waals surface area contributed by atoms with Crippen LogP contribution in [0.4, 0.5) is 11.4 Å². The zero-order valence-corrected chi connectivity index (χ0v) is 19.4. The lowest BCUT2D eigenvalue weighted by atomic mass is 9.97. The summed E-state index contributed by atoms with van der Waals surface area (Å²) in [7, 11) is 0. The number of carbonyl (C=O) groups excluding carboxylic acids is 1. The number of hydrogen-bond acceptors (Lipinski definition) is 7. The Balaban J connectivity index is 1.18. The molecule has 3 heterocycles. The number of amides is 1. The third-order valence-corrected chi connectivity index (χ3v) is 7.98. The molecule has 1 fully saturated rings. The molecule has 0 saturated carbocycles. The second-order valence-electron chi connectivity index (χ2n) is 8.09. The molecular weight excluding hydrogens is 444 g/mol. The number of aromatic nitrogens is 2. The first-order valence-electron chi connectivity index (χ1n) is 11.0. The Kier molecular flexibility index (Phi) is 6.47. The van der Waals surface area contributed by atoms with Crippen LogP contribution in [0.3, 0.4) is 0 Å². The number of morpholine rings is 1. The quantitative estimate of drug-likeness (QED) is 0.573. The first kappa shape index (κ1) is 21.5. The number of aromatic amines is 1. The van der Waals surface area contributed by atoms with Crippen molar-refractivity contribution in [2.45, 2.75) is 31.4 Å². The number of hydrogen-bond donors (Lipinski definition) is 2. The monoisotopic (exact) mass is 470 g/mol. The van der Waals surface area contributed by atoms with Crippen LogP contribution < -0.4 is 15.8 Å². The van der Waals surface area contributed by atoms with Crippen LogP contribution in [0.2, 0.25) is 0 Å². The Morgan fingerprint density at radius 2 is 2.09 bits per heavy atom. The van der Waals surface area contributed by atoms with Gasteiger partial charge >= 0.3 is 0 Å². The fraction of sp³-hybridized carbons (Fsp3) is 0.435. The Hall–Kier alpha value is -2.36. The van der Waals surface area contributed by atoms with E-state index in [1.165, 1.54) is 28.6 Å². The zero-order valence-electron chi connectivity index (χ0n) is 17.8. The Morgan fingerprint density at radius 3 is 2.97 bits per heavy atom. The van der Waals surface area contributed by atoms with E-state index in [0.717, 1.165) is 67.2 Å². The normalized spacial score (nSPS) is 16.2. The van der Waals surface area contributed by atoms with E-state index in [0.29, 0.717) is 17.3 Å². The van der Waals surface area contributed by atoms with Crippen LogP contribution in [0.5, 0.6) is 0 Å². The highest BCUT2D eigenvalue weighted by atomic mass is 32.2. The van der Waals surface area contributed by atoms with Crippen molar-refractivity contribution in [1.82, 2.24) is 9.97 Å². The second-order valence-corrected chi connectivity index (χ2v) is 10.2. The number of nitrogens with zero attached hydrogens (tertiary/aromatic N) is 2. The van der Waals surface area contributed by atoms with Gasteiger partial charge in [0.15, 0.2) is 0 Å². The smallest absolute Gasteiger partial charge is 0.259 e. The minimum Gasteiger partial charge on any atom is -0.378 e. The first-order chi connectivity index (χ1) is 15.7. The zero-order chi connectivity index (χ0) is 21.9. The predicted octanol–water partition coefficient (Wildman–Crippen LogP) is 3.57. The van der Waals surface area contributed by atoms with E-state index in [9.17, 15) is 9.59 Å². The highest BCUT2D eigenvalue weighted by Gasteiger charge is 2.20. The number of rotatable bonds is 6. The number of fused-ring (bicyclic) bond motifs is 3. The maximum absolute atomic E-state index is 12.6. The topological polar surface area (TPSA) is 87.3 Å².